The van der Waals surface area contributed by atoms with E-state index in [9.17, 15) is 0 Å². The van der Waals surface area contributed by atoms with E-state index in [2.05, 4.69) is 12.1 Å². The Labute approximate surface area is 112 Å². The fraction of sp³-hybridized carbons (Fsp3) is 0.625. The molecule has 0 bridgehead atoms. The summed E-state index contributed by atoms with van der Waals surface area (Å²) in [5, 5.41) is 0. The Morgan fingerprint density at radius 1 is 0.889 bits per heavy atom. The topological polar surface area (TPSA) is 52.0 Å². The van der Waals surface area contributed by atoms with E-state index in [0.29, 0.717) is 0 Å². The van der Waals surface area contributed by atoms with Crippen molar-refractivity contribution in [2.24, 2.45) is 17.4 Å². The predicted molar refractivity (Wildman–Crippen MR) is 79.4 cm³/mol. The third kappa shape index (κ3) is 6.77. The molecule has 2 rings (SSSR count). The molecule has 1 aliphatic carbocycles. The van der Waals surface area contributed by atoms with Crippen molar-refractivity contribution < 1.29 is 0 Å². The van der Waals surface area contributed by atoms with Crippen LogP contribution in [-0.2, 0) is 6.42 Å². The molecule has 0 aromatic heterocycles. The van der Waals surface area contributed by atoms with Crippen LogP contribution >= 0.6 is 0 Å². The van der Waals surface area contributed by atoms with Gasteiger partial charge in [-0.25, -0.2) is 0 Å². The zero-order chi connectivity index (χ0) is 13.1. The quantitative estimate of drug-likeness (QED) is 0.860. The Morgan fingerprint density at radius 2 is 1.56 bits per heavy atom. The van der Waals surface area contributed by atoms with Gasteiger partial charge in [0.2, 0.25) is 0 Å². The van der Waals surface area contributed by atoms with Gasteiger partial charge in [-0.15, -0.1) is 0 Å². The van der Waals surface area contributed by atoms with Gasteiger partial charge in [-0.3, -0.25) is 0 Å². The number of hydrogen-bond donors (Lipinski definition) is 2. The molecule has 0 radical (unpaired) electrons. The maximum atomic E-state index is 5.46. The Kier molecular flexibility index (Phi) is 8.53. The van der Waals surface area contributed by atoms with Gasteiger partial charge in [0.25, 0.3) is 0 Å². The largest absolute Gasteiger partial charge is 0.330 e. The molecule has 0 amide bonds. The molecule has 1 aromatic carbocycles. The van der Waals surface area contributed by atoms with E-state index in [-0.39, 0.29) is 0 Å². The summed E-state index contributed by atoms with van der Waals surface area (Å²) in [6, 6.07) is 10.3. The fourth-order valence-corrected chi connectivity index (χ4v) is 2.52. The molecule has 1 aromatic rings. The molecule has 0 heterocycles. The van der Waals surface area contributed by atoms with E-state index in [1.165, 1.54) is 44.1 Å². The molecule has 4 N–H and O–H groups in total. The number of benzene rings is 1. The van der Waals surface area contributed by atoms with Gasteiger partial charge in [0.15, 0.2) is 0 Å². The molecule has 0 unspecified atom stereocenters. The minimum Gasteiger partial charge on any atom is -0.330 e. The summed E-state index contributed by atoms with van der Waals surface area (Å²) in [5.74, 6) is 0.976. The first-order valence-corrected chi connectivity index (χ1v) is 7.31. The van der Waals surface area contributed by atoms with Gasteiger partial charge in [0.05, 0.1) is 0 Å². The van der Waals surface area contributed by atoms with E-state index in [0.717, 1.165) is 25.4 Å². The van der Waals surface area contributed by atoms with Crippen LogP contribution in [0.1, 0.15) is 44.1 Å². The zero-order valence-electron chi connectivity index (χ0n) is 11.5. The van der Waals surface area contributed by atoms with E-state index in [1.807, 2.05) is 18.2 Å². The average molecular weight is 248 g/mol. The maximum absolute atomic E-state index is 5.46. The molecule has 1 fully saturated rings. The highest BCUT2D eigenvalue weighted by Crippen LogP contribution is 2.25. The second-order valence-electron chi connectivity index (χ2n) is 5.11. The first kappa shape index (κ1) is 15.2. The van der Waals surface area contributed by atoms with Crippen LogP contribution in [0.25, 0.3) is 0 Å². The Bertz CT molecular complexity index is 276. The molecule has 18 heavy (non-hydrogen) atoms. The molecule has 0 atom stereocenters. The van der Waals surface area contributed by atoms with E-state index < -0.39 is 0 Å². The number of nitrogens with two attached hydrogens (primary N) is 2. The molecule has 1 aliphatic rings. The molecular weight excluding hydrogens is 220 g/mol. The normalized spacial score (nSPS) is 15.9. The molecule has 1 saturated carbocycles. The van der Waals surface area contributed by atoms with Crippen LogP contribution in [0.15, 0.2) is 30.3 Å². The molecule has 2 heteroatoms. The molecule has 102 valence electrons. The highest BCUT2D eigenvalue weighted by Gasteiger charge is 2.11. The van der Waals surface area contributed by atoms with Gasteiger partial charge in [0.1, 0.15) is 0 Å². The summed E-state index contributed by atoms with van der Waals surface area (Å²) >= 11 is 0. The number of rotatable bonds is 4. The standard InChI is InChI=1S/C8H17N.C8H11N/c2*9-7-6-8-4-2-1-3-5-8/h8H,1-7,9H2;1-5H,6-7,9H2. The Balaban J connectivity index is 0.000000180. The van der Waals surface area contributed by atoms with Crippen molar-refractivity contribution in [1.29, 1.82) is 0 Å². The molecule has 0 saturated heterocycles. The van der Waals surface area contributed by atoms with E-state index in [4.69, 9.17) is 11.5 Å². The fourth-order valence-electron chi connectivity index (χ4n) is 2.52. The second-order valence-corrected chi connectivity index (χ2v) is 5.11. The summed E-state index contributed by atoms with van der Waals surface area (Å²) in [6.07, 6.45) is 9.49. The summed E-state index contributed by atoms with van der Waals surface area (Å²) < 4.78 is 0. The summed E-state index contributed by atoms with van der Waals surface area (Å²) in [6.45, 7) is 1.63. The van der Waals surface area contributed by atoms with Gasteiger partial charge >= 0.3 is 0 Å². The van der Waals surface area contributed by atoms with Crippen molar-refractivity contribution >= 4 is 0 Å². The number of hydrogen-bond acceptors (Lipinski definition) is 2. The van der Waals surface area contributed by atoms with Crippen LogP contribution in [0.3, 0.4) is 0 Å². The monoisotopic (exact) mass is 248 g/mol. The van der Waals surface area contributed by atoms with Crippen LogP contribution in [0.4, 0.5) is 0 Å². The maximum Gasteiger partial charge on any atom is -0.00367 e. The Morgan fingerprint density at radius 3 is 2.11 bits per heavy atom. The minimum absolute atomic E-state index is 0.740. The van der Waals surface area contributed by atoms with Gasteiger partial charge in [0, 0.05) is 0 Å². The zero-order valence-corrected chi connectivity index (χ0v) is 11.5. The van der Waals surface area contributed by atoms with Crippen LogP contribution in [0, 0.1) is 5.92 Å². The van der Waals surface area contributed by atoms with Gasteiger partial charge in [-0.2, -0.15) is 0 Å². The SMILES string of the molecule is NCCC1CCCCC1.NCCc1ccccc1. The average Bonchev–Trinajstić information content (AvgIpc) is 2.43. The van der Waals surface area contributed by atoms with Crippen LogP contribution in [0.2, 0.25) is 0 Å². The molecule has 0 aliphatic heterocycles. The molecule has 0 spiro atoms. The summed E-state index contributed by atoms with van der Waals surface area (Å²) in [7, 11) is 0. The van der Waals surface area contributed by atoms with Gasteiger partial charge in [-0.1, -0.05) is 62.4 Å². The molecular formula is C16H28N2. The van der Waals surface area contributed by atoms with Crippen LogP contribution in [0.5, 0.6) is 0 Å². The van der Waals surface area contributed by atoms with E-state index in [1.54, 1.807) is 0 Å². The van der Waals surface area contributed by atoms with Crippen LogP contribution in [-0.4, -0.2) is 13.1 Å². The summed E-state index contributed by atoms with van der Waals surface area (Å²) in [5.41, 5.74) is 12.1. The van der Waals surface area contributed by atoms with Gasteiger partial charge < -0.3 is 11.5 Å². The third-order valence-electron chi connectivity index (χ3n) is 3.58. The van der Waals surface area contributed by atoms with Crippen molar-refractivity contribution in [2.45, 2.75) is 44.9 Å². The lowest BCUT2D eigenvalue weighted by Gasteiger charge is -2.20. The van der Waals surface area contributed by atoms with Gasteiger partial charge in [-0.05, 0) is 37.4 Å². The Hall–Kier alpha value is -0.860. The highest BCUT2D eigenvalue weighted by molar-refractivity contribution is 5.14. The summed E-state index contributed by atoms with van der Waals surface area (Å²) in [4.78, 5) is 0. The molecule has 2 nitrogen and oxygen atoms in total. The third-order valence-corrected chi connectivity index (χ3v) is 3.58. The first-order valence-electron chi connectivity index (χ1n) is 7.31. The minimum atomic E-state index is 0.740. The predicted octanol–water partition coefficient (Wildman–Crippen LogP) is 3.10. The van der Waals surface area contributed by atoms with Crippen molar-refractivity contribution in [3.8, 4) is 0 Å². The highest BCUT2D eigenvalue weighted by atomic mass is 14.5. The van der Waals surface area contributed by atoms with Crippen molar-refractivity contribution in [3.63, 3.8) is 0 Å². The van der Waals surface area contributed by atoms with Crippen LogP contribution < -0.4 is 11.5 Å². The first-order chi connectivity index (χ1) is 8.86. The second kappa shape index (κ2) is 10.1. The van der Waals surface area contributed by atoms with Crippen molar-refractivity contribution in [1.82, 2.24) is 0 Å². The van der Waals surface area contributed by atoms with Crippen molar-refractivity contribution in [2.75, 3.05) is 13.1 Å². The van der Waals surface area contributed by atoms with Crippen molar-refractivity contribution in [3.05, 3.63) is 35.9 Å². The lowest BCUT2D eigenvalue weighted by Crippen LogP contribution is -2.11. The van der Waals surface area contributed by atoms with E-state index >= 15 is 0 Å². The lowest BCUT2D eigenvalue weighted by atomic mass is 9.87. The smallest absolute Gasteiger partial charge is 0.00367 e. The lowest BCUT2D eigenvalue weighted by molar-refractivity contribution is 0.343.